The van der Waals surface area contributed by atoms with Crippen molar-refractivity contribution < 1.29 is 0 Å². The zero-order valence-electron chi connectivity index (χ0n) is 5.91. The lowest BCUT2D eigenvalue weighted by molar-refractivity contribution is 0.780. The van der Waals surface area contributed by atoms with Gasteiger partial charge in [-0.1, -0.05) is 20.1 Å². The molecule has 0 heterocycles. The van der Waals surface area contributed by atoms with Gasteiger partial charge in [0.25, 0.3) is 0 Å². The molecule has 0 rings (SSSR count). The summed E-state index contributed by atoms with van der Waals surface area (Å²) in [5.41, 5.74) is 6.78. The van der Waals surface area contributed by atoms with E-state index in [4.69, 9.17) is 5.73 Å². The van der Waals surface area contributed by atoms with E-state index in [0.717, 1.165) is 18.7 Å². The van der Waals surface area contributed by atoms with Gasteiger partial charge in [-0.25, -0.2) is 0 Å². The maximum atomic E-state index is 5.34. The molecule has 0 aliphatic heterocycles. The molecule has 0 saturated heterocycles. The summed E-state index contributed by atoms with van der Waals surface area (Å²) in [5.74, 6) is 0. The third-order valence-corrected chi connectivity index (χ3v) is 1.04. The average Bonchev–Trinajstić information content (AvgIpc) is 1.82. The third kappa shape index (κ3) is 3.79. The van der Waals surface area contributed by atoms with Crippen molar-refractivity contribution in [1.82, 2.24) is 5.32 Å². The first-order valence-electron chi connectivity index (χ1n) is 3.01. The molecule has 0 amide bonds. The van der Waals surface area contributed by atoms with Crippen molar-refractivity contribution in [1.29, 1.82) is 0 Å². The summed E-state index contributed by atoms with van der Waals surface area (Å²) >= 11 is 0. The summed E-state index contributed by atoms with van der Waals surface area (Å²) in [4.78, 5) is 0. The average molecular weight is 126 g/mol. The minimum absolute atomic E-state index is 0.566. The zero-order valence-corrected chi connectivity index (χ0v) is 5.91. The molecule has 0 aromatic heterocycles. The van der Waals surface area contributed by atoms with Crippen LogP contribution in [0.15, 0.2) is 24.4 Å². The second-order valence-corrected chi connectivity index (χ2v) is 1.91. The van der Waals surface area contributed by atoms with Crippen LogP contribution in [-0.4, -0.2) is 13.1 Å². The van der Waals surface area contributed by atoms with Crippen molar-refractivity contribution in [2.75, 3.05) is 13.1 Å². The number of rotatable bonds is 4. The summed E-state index contributed by atoms with van der Waals surface area (Å²) < 4.78 is 0. The molecule has 0 spiro atoms. The molecule has 9 heavy (non-hydrogen) atoms. The summed E-state index contributed by atoms with van der Waals surface area (Å²) in [6.45, 7) is 11.0. The lowest BCUT2D eigenvalue weighted by Crippen LogP contribution is -2.18. The lowest BCUT2D eigenvalue weighted by atomic mass is 10.2. The van der Waals surface area contributed by atoms with Crippen molar-refractivity contribution in [3.8, 4) is 0 Å². The second kappa shape index (κ2) is 4.15. The zero-order chi connectivity index (χ0) is 7.28. The monoisotopic (exact) mass is 126 g/mol. The predicted molar refractivity (Wildman–Crippen MR) is 41.0 cm³/mol. The lowest BCUT2D eigenvalue weighted by Gasteiger charge is -2.03. The molecule has 0 atom stereocenters. The van der Waals surface area contributed by atoms with E-state index in [1.165, 1.54) is 0 Å². The van der Waals surface area contributed by atoms with Gasteiger partial charge in [0.15, 0.2) is 0 Å². The molecule has 52 valence electrons. The Morgan fingerprint density at radius 2 is 2.11 bits per heavy atom. The van der Waals surface area contributed by atoms with Gasteiger partial charge in [0.05, 0.1) is 0 Å². The molecule has 0 aromatic rings. The van der Waals surface area contributed by atoms with Crippen molar-refractivity contribution in [2.45, 2.75) is 6.92 Å². The first-order valence-corrected chi connectivity index (χ1v) is 3.01. The van der Waals surface area contributed by atoms with Crippen LogP contribution in [-0.2, 0) is 0 Å². The Kier molecular flexibility index (Phi) is 3.80. The number of hydrogen-bond donors (Lipinski definition) is 2. The van der Waals surface area contributed by atoms with Crippen LogP contribution in [0.25, 0.3) is 0 Å². The maximum absolute atomic E-state index is 5.34. The summed E-state index contributed by atoms with van der Waals surface area (Å²) in [5, 5.41) is 3.09. The van der Waals surface area contributed by atoms with Gasteiger partial charge in [0, 0.05) is 12.2 Å². The van der Waals surface area contributed by atoms with E-state index in [1.54, 1.807) is 0 Å². The molecular weight excluding hydrogens is 112 g/mol. The van der Waals surface area contributed by atoms with E-state index in [2.05, 4.69) is 18.5 Å². The van der Waals surface area contributed by atoms with Crippen LogP contribution in [0.2, 0.25) is 0 Å². The topological polar surface area (TPSA) is 38.0 Å². The van der Waals surface area contributed by atoms with Crippen LogP contribution in [0.4, 0.5) is 0 Å². The first-order chi connectivity index (χ1) is 4.18. The van der Waals surface area contributed by atoms with Crippen molar-refractivity contribution in [2.24, 2.45) is 5.73 Å². The third-order valence-electron chi connectivity index (χ3n) is 1.04. The van der Waals surface area contributed by atoms with E-state index >= 15 is 0 Å². The Hall–Kier alpha value is -0.760. The molecule has 0 radical (unpaired) electrons. The highest BCUT2D eigenvalue weighted by Crippen LogP contribution is 1.93. The minimum Gasteiger partial charge on any atom is -0.399 e. The molecule has 2 heteroatoms. The van der Waals surface area contributed by atoms with Gasteiger partial charge in [-0.3, -0.25) is 0 Å². The Morgan fingerprint density at radius 3 is 2.44 bits per heavy atom. The maximum Gasteiger partial charge on any atom is 0.0280 e. The van der Waals surface area contributed by atoms with E-state index in [0.29, 0.717) is 5.70 Å². The molecule has 2 nitrogen and oxygen atoms in total. The minimum atomic E-state index is 0.566. The summed E-state index contributed by atoms with van der Waals surface area (Å²) in [6, 6.07) is 0. The van der Waals surface area contributed by atoms with Gasteiger partial charge < -0.3 is 11.1 Å². The quantitative estimate of drug-likeness (QED) is 0.542. The fraction of sp³-hybridized carbons (Fsp3) is 0.429. The molecule has 0 saturated carbocycles. The molecule has 3 N–H and O–H groups in total. The number of nitrogens with one attached hydrogen (secondary N) is 1. The Morgan fingerprint density at radius 1 is 1.56 bits per heavy atom. The van der Waals surface area contributed by atoms with Crippen LogP contribution >= 0.6 is 0 Å². The van der Waals surface area contributed by atoms with Crippen molar-refractivity contribution >= 4 is 0 Å². The second-order valence-electron chi connectivity index (χ2n) is 1.91. The van der Waals surface area contributed by atoms with E-state index < -0.39 is 0 Å². The summed E-state index contributed by atoms with van der Waals surface area (Å²) in [7, 11) is 0. The van der Waals surface area contributed by atoms with E-state index in [-0.39, 0.29) is 0 Å². The fourth-order valence-electron chi connectivity index (χ4n) is 0.389. The first kappa shape index (κ1) is 8.24. The fourth-order valence-corrected chi connectivity index (χ4v) is 0.389. The Bertz CT molecular complexity index is 116. The molecule has 0 bridgehead atoms. The van der Waals surface area contributed by atoms with Gasteiger partial charge in [-0.2, -0.15) is 0 Å². The molecule has 0 aliphatic rings. The largest absolute Gasteiger partial charge is 0.399 e. The Balaban J connectivity index is 3.39. The van der Waals surface area contributed by atoms with Gasteiger partial charge in [-0.15, -0.1) is 0 Å². The number of nitrogens with two attached hydrogens (primary N) is 1. The molecule has 0 aliphatic carbocycles. The Labute approximate surface area is 56.4 Å². The van der Waals surface area contributed by atoms with Crippen LogP contribution in [0.3, 0.4) is 0 Å². The normalized spacial score (nSPS) is 9.00. The number of hydrogen-bond acceptors (Lipinski definition) is 2. The van der Waals surface area contributed by atoms with E-state index in [1.807, 2.05) is 6.92 Å². The highest BCUT2D eigenvalue weighted by molar-refractivity contribution is 5.22. The van der Waals surface area contributed by atoms with Gasteiger partial charge in [0.2, 0.25) is 0 Å². The number of likely N-dealkylation sites (N-methyl/N-ethyl adjacent to an activating group) is 1. The van der Waals surface area contributed by atoms with Crippen molar-refractivity contribution in [3.63, 3.8) is 0 Å². The van der Waals surface area contributed by atoms with Crippen LogP contribution < -0.4 is 11.1 Å². The van der Waals surface area contributed by atoms with Gasteiger partial charge in [0.1, 0.15) is 0 Å². The SMILES string of the molecule is C=C(N)C(=C)CNCC. The van der Waals surface area contributed by atoms with Gasteiger partial charge >= 0.3 is 0 Å². The molecule has 0 fully saturated rings. The van der Waals surface area contributed by atoms with E-state index in [9.17, 15) is 0 Å². The van der Waals surface area contributed by atoms with Crippen molar-refractivity contribution in [3.05, 3.63) is 24.4 Å². The van der Waals surface area contributed by atoms with Crippen LogP contribution in [0.5, 0.6) is 0 Å². The highest BCUT2D eigenvalue weighted by atomic mass is 14.8. The van der Waals surface area contributed by atoms with Crippen LogP contribution in [0, 0.1) is 0 Å². The molecular formula is C7H14N2. The van der Waals surface area contributed by atoms with Crippen LogP contribution in [0.1, 0.15) is 6.92 Å². The smallest absolute Gasteiger partial charge is 0.0280 e. The predicted octanol–water partition coefficient (Wildman–Crippen LogP) is 0.625. The summed E-state index contributed by atoms with van der Waals surface area (Å²) in [6.07, 6.45) is 0. The standard InChI is InChI=1S/C7H14N2/c1-4-9-5-6(2)7(3)8/h9H,2-5,8H2,1H3. The highest BCUT2D eigenvalue weighted by Gasteiger charge is 1.91. The molecule has 0 aromatic carbocycles. The molecule has 0 unspecified atom stereocenters. The van der Waals surface area contributed by atoms with Gasteiger partial charge in [-0.05, 0) is 12.1 Å².